The summed E-state index contributed by atoms with van der Waals surface area (Å²) in [5, 5.41) is 32.8. The van der Waals surface area contributed by atoms with Crippen LogP contribution in [-0.4, -0.2) is 82.4 Å². The van der Waals surface area contributed by atoms with Crippen LogP contribution in [0, 0.1) is 0 Å². The predicted octanol–water partition coefficient (Wildman–Crippen LogP) is 5.38. The Balaban J connectivity index is 1.14. The fourth-order valence-corrected chi connectivity index (χ4v) is 8.05. The van der Waals surface area contributed by atoms with Gasteiger partial charge in [-0.3, -0.25) is 4.72 Å². The van der Waals surface area contributed by atoms with E-state index in [1.807, 2.05) is 24.3 Å². The molecule has 1 fully saturated rings. The van der Waals surface area contributed by atoms with Crippen LogP contribution >= 0.6 is 0 Å². The molecule has 1 unspecified atom stereocenters. The van der Waals surface area contributed by atoms with Crippen molar-refractivity contribution >= 4 is 43.1 Å². The van der Waals surface area contributed by atoms with Crippen LogP contribution in [0.3, 0.4) is 0 Å². The fraction of sp³-hybridized carbons (Fsp3) is 0.486. The van der Waals surface area contributed by atoms with Crippen molar-refractivity contribution in [1.82, 2.24) is 14.9 Å². The molecule has 2 amide bonds. The van der Waals surface area contributed by atoms with Crippen LogP contribution in [-0.2, 0) is 26.5 Å². The molecule has 1 aliphatic heterocycles. The van der Waals surface area contributed by atoms with Gasteiger partial charge in [-0.1, -0.05) is 57.2 Å². The Morgan fingerprint density at radius 3 is 2.19 bits per heavy atom. The first-order valence-corrected chi connectivity index (χ1v) is 21.4. The lowest BCUT2D eigenvalue weighted by Crippen LogP contribution is -2.42. The third kappa shape index (κ3) is 13.3. The van der Waals surface area contributed by atoms with E-state index in [0.717, 1.165) is 36.8 Å². The Bertz CT molecular complexity index is 1780. The van der Waals surface area contributed by atoms with E-state index in [1.165, 1.54) is 54.3 Å². The highest BCUT2D eigenvalue weighted by Crippen LogP contribution is 2.28. The zero-order valence-corrected chi connectivity index (χ0v) is 31.7. The Morgan fingerprint density at radius 1 is 0.865 bits per heavy atom. The second-order valence-electron chi connectivity index (χ2n) is 13.3. The van der Waals surface area contributed by atoms with Crippen molar-refractivity contribution in [2.45, 2.75) is 81.8 Å². The number of sulfonamides is 2. The van der Waals surface area contributed by atoms with Gasteiger partial charge in [0.2, 0.25) is 20.0 Å². The number of hydrogen-bond acceptors (Lipinski definition) is 9. The van der Waals surface area contributed by atoms with E-state index in [2.05, 4.69) is 32.9 Å². The molecule has 0 radical (unpaired) electrons. The van der Waals surface area contributed by atoms with Crippen molar-refractivity contribution in [3.8, 4) is 5.75 Å². The van der Waals surface area contributed by atoms with Crippen molar-refractivity contribution < 1.29 is 31.8 Å². The number of benzene rings is 3. The summed E-state index contributed by atoms with van der Waals surface area (Å²) in [7, 11) is -7.24. The Labute approximate surface area is 308 Å². The van der Waals surface area contributed by atoms with Gasteiger partial charge >= 0.3 is 6.03 Å². The zero-order chi connectivity index (χ0) is 37.6. The van der Waals surface area contributed by atoms with Crippen molar-refractivity contribution in [2.24, 2.45) is 0 Å². The lowest BCUT2D eigenvalue weighted by molar-refractivity contribution is 0.175. The summed E-state index contributed by atoms with van der Waals surface area (Å²) in [4.78, 5) is 12.4. The summed E-state index contributed by atoms with van der Waals surface area (Å²) in [6, 6.07) is 18.5. The van der Waals surface area contributed by atoms with Crippen molar-refractivity contribution in [3.05, 3.63) is 77.9 Å². The van der Waals surface area contributed by atoms with Gasteiger partial charge in [0.15, 0.2) is 0 Å². The molecular weight excluding hydrogens is 705 g/mol. The molecule has 4 rings (SSSR count). The lowest BCUT2D eigenvalue weighted by atomic mass is 10.1. The third-order valence-electron chi connectivity index (χ3n) is 8.97. The number of anilines is 3. The monoisotopic (exact) mass is 758 g/mol. The number of aliphatic hydroxyl groups excluding tert-OH is 1. The number of carbonyl (C=O) groups is 1. The summed E-state index contributed by atoms with van der Waals surface area (Å²) >= 11 is 0. The van der Waals surface area contributed by atoms with E-state index in [-0.39, 0.29) is 35.0 Å². The van der Waals surface area contributed by atoms with Crippen LogP contribution in [0.25, 0.3) is 0 Å². The van der Waals surface area contributed by atoms with Gasteiger partial charge < -0.3 is 31.5 Å². The summed E-state index contributed by atoms with van der Waals surface area (Å²) < 4.78 is 53.5. The molecule has 1 heterocycles. The molecule has 1 atom stereocenters. The number of unbranched alkanes of at least 4 members (excludes halogenated alkanes) is 5. The van der Waals surface area contributed by atoms with Gasteiger partial charge in [0.1, 0.15) is 5.75 Å². The van der Waals surface area contributed by atoms with E-state index < -0.39 is 26.2 Å². The number of piperidine rings is 1. The Kier molecular flexibility index (Phi) is 15.6. The van der Waals surface area contributed by atoms with E-state index in [0.29, 0.717) is 50.3 Å². The van der Waals surface area contributed by atoms with E-state index in [1.54, 1.807) is 18.2 Å². The maximum Gasteiger partial charge on any atom is 0.319 e. The first kappa shape index (κ1) is 40.9. The molecule has 0 saturated carbocycles. The van der Waals surface area contributed by atoms with Gasteiger partial charge in [-0.25, -0.2) is 21.6 Å². The van der Waals surface area contributed by atoms with Gasteiger partial charge in [-0.15, -0.1) is 0 Å². The molecular formula is C37H54N6O7S2. The molecule has 1 saturated heterocycles. The number of aliphatic hydroxyl groups is 1. The van der Waals surface area contributed by atoms with Crippen molar-refractivity contribution in [3.63, 3.8) is 0 Å². The molecule has 0 aromatic heterocycles. The first-order chi connectivity index (χ1) is 24.8. The summed E-state index contributed by atoms with van der Waals surface area (Å²) in [5.74, 6) is -0.223. The van der Waals surface area contributed by atoms with Crippen LogP contribution < -0.4 is 26.0 Å². The van der Waals surface area contributed by atoms with E-state index >= 15 is 0 Å². The molecule has 3 aromatic carbocycles. The minimum Gasteiger partial charge on any atom is -0.506 e. The van der Waals surface area contributed by atoms with Crippen LogP contribution in [0.5, 0.6) is 5.75 Å². The normalized spacial score (nSPS) is 14.8. The molecule has 0 aliphatic carbocycles. The molecule has 0 spiro atoms. The highest BCUT2D eigenvalue weighted by atomic mass is 32.2. The number of hydrogen-bond donors (Lipinski definition) is 7. The highest BCUT2D eigenvalue weighted by Gasteiger charge is 2.29. The Hall–Kier alpha value is -3.89. The largest absolute Gasteiger partial charge is 0.506 e. The summed E-state index contributed by atoms with van der Waals surface area (Å²) in [6.45, 7) is 4.45. The summed E-state index contributed by atoms with van der Waals surface area (Å²) in [5.41, 5.74) is 3.08. The van der Waals surface area contributed by atoms with Gasteiger partial charge in [-0.05, 0) is 91.9 Å². The number of phenols is 1. The van der Waals surface area contributed by atoms with Crippen LogP contribution in [0.1, 0.15) is 75.5 Å². The maximum atomic E-state index is 13.3. The molecule has 13 nitrogen and oxygen atoms in total. The number of nitrogens with one attached hydrogen (secondary N) is 5. The zero-order valence-electron chi connectivity index (χ0n) is 30.1. The topological polar surface area (TPSA) is 189 Å². The van der Waals surface area contributed by atoms with E-state index in [9.17, 15) is 31.8 Å². The number of aromatic hydroxyl groups is 1. The van der Waals surface area contributed by atoms with Crippen LogP contribution in [0.2, 0.25) is 0 Å². The molecule has 15 heteroatoms. The average Bonchev–Trinajstić information content (AvgIpc) is 3.11. The number of carbonyl (C=O) groups excluding carboxylic acids is 1. The van der Waals surface area contributed by atoms with Gasteiger partial charge in [0.05, 0.1) is 22.9 Å². The molecule has 0 bridgehead atoms. The van der Waals surface area contributed by atoms with Gasteiger partial charge in [0.25, 0.3) is 0 Å². The standard InChI is InChI=1S/C37H54N6O7S2/c1-3-4-5-6-7-8-22-39-37(46)41-31-14-16-33(17-15-31)52(49,50)43-24-20-32(21-25-43)40-30-12-9-28(10-13-30)19-23-38-27-36(45)29-11-18-35(44)34(26-29)42-51(2,47)48/h9-18,26,32,36,38,40,42,44-45H,3-8,19-25,27H2,1-2H3,(H2,39,41,46). The molecule has 52 heavy (non-hydrogen) atoms. The molecule has 7 N–H and O–H groups in total. The number of nitrogens with zero attached hydrogens (tertiary/aromatic N) is 1. The quantitative estimate of drug-likeness (QED) is 0.0587. The van der Waals surface area contributed by atoms with E-state index in [4.69, 9.17) is 0 Å². The lowest BCUT2D eigenvalue weighted by Gasteiger charge is -2.32. The molecule has 3 aromatic rings. The summed E-state index contributed by atoms with van der Waals surface area (Å²) in [6.07, 6.45) is 9.03. The Morgan fingerprint density at radius 2 is 1.52 bits per heavy atom. The van der Waals surface area contributed by atoms with Gasteiger partial charge in [0, 0.05) is 43.6 Å². The number of urea groups is 1. The van der Waals surface area contributed by atoms with Crippen molar-refractivity contribution in [1.29, 1.82) is 0 Å². The highest BCUT2D eigenvalue weighted by molar-refractivity contribution is 7.92. The number of amides is 2. The van der Waals surface area contributed by atoms with Gasteiger partial charge in [-0.2, -0.15) is 4.31 Å². The second kappa shape index (κ2) is 19.8. The number of phenolic OH excluding ortho intramolecular Hbond substituents is 1. The average molecular weight is 759 g/mol. The van der Waals surface area contributed by atoms with Crippen LogP contribution in [0.4, 0.5) is 21.9 Å². The fourth-order valence-electron chi connectivity index (χ4n) is 6.02. The molecule has 1 aliphatic rings. The minimum atomic E-state index is -3.66. The first-order valence-electron chi connectivity index (χ1n) is 18.0. The maximum absolute atomic E-state index is 13.3. The smallest absolute Gasteiger partial charge is 0.319 e. The number of rotatable bonds is 20. The SMILES string of the molecule is CCCCCCCCNC(=O)Nc1ccc(S(=O)(=O)N2CCC(Nc3ccc(CCNCC(O)c4ccc(O)c(NS(C)(=O)=O)c4)cc3)CC2)cc1. The molecule has 286 valence electrons. The van der Waals surface area contributed by atoms with Crippen molar-refractivity contribution in [2.75, 3.05) is 54.3 Å². The second-order valence-corrected chi connectivity index (χ2v) is 17.0. The predicted molar refractivity (Wildman–Crippen MR) is 207 cm³/mol. The minimum absolute atomic E-state index is 0.0140. The van der Waals surface area contributed by atoms with Crippen LogP contribution in [0.15, 0.2) is 71.6 Å². The third-order valence-corrected chi connectivity index (χ3v) is 11.5.